The van der Waals surface area contributed by atoms with Gasteiger partial charge in [0.25, 0.3) is 0 Å². The SMILES string of the molecule is CCCn1c(CCl)nnc1-c1ccc(Br)c(C(F)(F)F)c1. The Morgan fingerprint density at radius 1 is 1.29 bits per heavy atom. The predicted molar refractivity (Wildman–Crippen MR) is 78.0 cm³/mol. The first-order valence-electron chi connectivity index (χ1n) is 6.23. The lowest BCUT2D eigenvalue weighted by Crippen LogP contribution is -2.08. The van der Waals surface area contributed by atoms with Crippen LogP contribution in [0.1, 0.15) is 24.7 Å². The van der Waals surface area contributed by atoms with Crippen LogP contribution in [0.25, 0.3) is 11.4 Å². The summed E-state index contributed by atoms with van der Waals surface area (Å²) in [5.41, 5.74) is -0.374. The van der Waals surface area contributed by atoms with Crippen molar-refractivity contribution in [1.82, 2.24) is 14.8 Å². The van der Waals surface area contributed by atoms with E-state index in [1.807, 2.05) is 6.92 Å². The van der Waals surface area contributed by atoms with E-state index >= 15 is 0 Å². The molecule has 2 aromatic rings. The quantitative estimate of drug-likeness (QED) is 0.706. The number of hydrogen-bond donors (Lipinski definition) is 0. The Morgan fingerprint density at radius 3 is 2.57 bits per heavy atom. The zero-order valence-corrected chi connectivity index (χ0v) is 13.4. The number of hydrogen-bond acceptors (Lipinski definition) is 2. The van der Waals surface area contributed by atoms with Gasteiger partial charge in [-0.2, -0.15) is 13.2 Å². The Labute approximate surface area is 133 Å². The zero-order valence-electron chi connectivity index (χ0n) is 11.1. The summed E-state index contributed by atoms with van der Waals surface area (Å²) < 4.78 is 40.7. The van der Waals surface area contributed by atoms with Crippen LogP contribution in [0.15, 0.2) is 22.7 Å². The van der Waals surface area contributed by atoms with Gasteiger partial charge >= 0.3 is 6.18 Å². The van der Waals surface area contributed by atoms with Crippen LogP contribution in [-0.4, -0.2) is 14.8 Å². The van der Waals surface area contributed by atoms with Gasteiger partial charge in [-0.15, -0.1) is 21.8 Å². The maximum atomic E-state index is 13.0. The van der Waals surface area contributed by atoms with Crippen molar-refractivity contribution in [3.63, 3.8) is 0 Å². The van der Waals surface area contributed by atoms with Crippen molar-refractivity contribution < 1.29 is 13.2 Å². The molecular weight excluding hydrogens is 371 g/mol. The molecule has 3 nitrogen and oxygen atoms in total. The number of nitrogens with zero attached hydrogens (tertiary/aromatic N) is 3. The number of halogens is 5. The second-order valence-electron chi connectivity index (χ2n) is 4.42. The number of rotatable bonds is 4. The van der Waals surface area contributed by atoms with Crippen LogP contribution in [0.3, 0.4) is 0 Å². The van der Waals surface area contributed by atoms with Crippen molar-refractivity contribution in [3.8, 4) is 11.4 Å². The average Bonchev–Trinajstić information content (AvgIpc) is 2.81. The first kappa shape index (κ1) is 16.3. The molecule has 1 aromatic carbocycles. The maximum Gasteiger partial charge on any atom is 0.417 e. The third-order valence-electron chi connectivity index (χ3n) is 2.92. The minimum atomic E-state index is -4.43. The minimum absolute atomic E-state index is 0.00197. The van der Waals surface area contributed by atoms with Gasteiger partial charge in [-0.3, -0.25) is 0 Å². The van der Waals surface area contributed by atoms with Crippen LogP contribution >= 0.6 is 27.5 Å². The lowest BCUT2D eigenvalue weighted by atomic mass is 10.1. The second kappa shape index (κ2) is 6.36. The molecule has 1 aromatic heterocycles. The molecule has 0 radical (unpaired) electrons. The van der Waals surface area contributed by atoms with Crippen molar-refractivity contribution in [2.24, 2.45) is 0 Å². The first-order chi connectivity index (χ1) is 9.88. The van der Waals surface area contributed by atoms with Gasteiger partial charge in [-0.1, -0.05) is 28.9 Å². The molecule has 21 heavy (non-hydrogen) atoms. The van der Waals surface area contributed by atoms with Gasteiger partial charge in [0, 0.05) is 16.6 Å². The Bertz CT molecular complexity index is 640. The second-order valence-corrected chi connectivity index (χ2v) is 5.54. The van der Waals surface area contributed by atoms with E-state index in [-0.39, 0.29) is 10.4 Å². The summed E-state index contributed by atoms with van der Waals surface area (Å²) in [6.45, 7) is 2.56. The number of alkyl halides is 4. The molecule has 0 bridgehead atoms. The standard InChI is InChI=1S/C13H12BrClF3N3/c1-2-5-21-11(7-15)19-20-12(21)8-3-4-10(14)9(6-8)13(16,17)18/h3-4,6H,2,5,7H2,1H3. The fraction of sp³-hybridized carbons (Fsp3) is 0.385. The molecule has 114 valence electrons. The molecule has 2 rings (SSSR count). The third kappa shape index (κ3) is 3.40. The van der Waals surface area contributed by atoms with Crippen LogP contribution < -0.4 is 0 Å². The molecule has 1 heterocycles. The Hall–Kier alpha value is -1.08. The molecule has 0 aliphatic heterocycles. The largest absolute Gasteiger partial charge is 0.417 e. The highest BCUT2D eigenvalue weighted by Gasteiger charge is 2.33. The lowest BCUT2D eigenvalue weighted by molar-refractivity contribution is -0.138. The molecule has 0 unspecified atom stereocenters. The van der Waals surface area contributed by atoms with Crippen molar-refractivity contribution in [2.75, 3.05) is 0 Å². The van der Waals surface area contributed by atoms with Gasteiger partial charge in [0.05, 0.1) is 11.4 Å². The number of benzene rings is 1. The Kier molecular flexibility index (Phi) is 4.93. The van der Waals surface area contributed by atoms with E-state index in [0.717, 1.165) is 12.5 Å². The average molecular weight is 383 g/mol. The molecule has 0 saturated heterocycles. The van der Waals surface area contributed by atoms with E-state index in [0.29, 0.717) is 23.8 Å². The van der Waals surface area contributed by atoms with Gasteiger partial charge in [0.1, 0.15) is 5.82 Å². The Balaban J connectivity index is 2.55. The van der Waals surface area contributed by atoms with Crippen molar-refractivity contribution in [1.29, 1.82) is 0 Å². The summed E-state index contributed by atoms with van der Waals surface area (Å²) >= 11 is 8.71. The third-order valence-corrected chi connectivity index (χ3v) is 3.85. The monoisotopic (exact) mass is 381 g/mol. The molecule has 0 fully saturated rings. The molecule has 0 saturated carbocycles. The van der Waals surface area contributed by atoms with Gasteiger partial charge < -0.3 is 4.57 Å². The highest BCUT2D eigenvalue weighted by molar-refractivity contribution is 9.10. The molecule has 0 atom stereocenters. The van der Waals surface area contributed by atoms with Gasteiger partial charge in [0.15, 0.2) is 5.82 Å². The molecule has 0 aliphatic rings. The molecule has 0 amide bonds. The van der Waals surface area contributed by atoms with Crippen LogP contribution in [0.4, 0.5) is 13.2 Å². The smallest absolute Gasteiger partial charge is 0.310 e. The lowest BCUT2D eigenvalue weighted by Gasteiger charge is -2.12. The summed E-state index contributed by atoms with van der Waals surface area (Å²) in [7, 11) is 0. The van der Waals surface area contributed by atoms with Crippen molar-refractivity contribution >= 4 is 27.5 Å². The van der Waals surface area contributed by atoms with Gasteiger partial charge in [0.2, 0.25) is 0 Å². The topological polar surface area (TPSA) is 30.7 Å². The van der Waals surface area contributed by atoms with Gasteiger partial charge in [-0.25, -0.2) is 0 Å². The zero-order chi connectivity index (χ0) is 15.6. The van der Waals surface area contributed by atoms with Crippen LogP contribution in [0, 0.1) is 0 Å². The highest BCUT2D eigenvalue weighted by Crippen LogP contribution is 2.37. The summed E-state index contributed by atoms with van der Waals surface area (Å²) in [5.74, 6) is 1.10. The highest BCUT2D eigenvalue weighted by atomic mass is 79.9. The molecule has 0 spiro atoms. The van der Waals surface area contributed by atoms with E-state index < -0.39 is 11.7 Å². The van der Waals surface area contributed by atoms with E-state index in [4.69, 9.17) is 11.6 Å². The predicted octanol–water partition coefficient (Wildman–Crippen LogP) is 4.88. The van der Waals surface area contributed by atoms with Crippen LogP contribution in [0.2, 0.25) is 0 Å². The number of aromatic nitrogens is 3. The molecule has 8 heteroatoms. The minimum Gasteiger partial charge on any atom is -0.310 e. The summed E-state index contributed by atoms with van der Waals surface area (Å²) in [4.78, 5) is 0. The molecular formula is C13H12BrClF3N3. The summed E-state index contributed by atoms with van der Waals surface area (Å²) in [6, 6.07) is 4.01. The summed E-state index contributed by atoms with van der Waals surface area (Å²) in [6.07, 6.45) is -3.63. The van der Waals surface area contributed by atoms with E-state index in [2.05, 4.69) is 26.1 Å². The van der Waals surface area contributed by atoms with Crippen molar-refractivity contribution in [3.05, 3.63) is 34.1 Å². The van der Waals surface area contributed by atoms with E-state index in [1.165, 1.54) is 6.07 Å². The normalized spacial score (nSPS) is 11.9. The fourth-order valence-electron chi connectivity index (χ4n) is 1.99. The maximum absolute atomic E-state index is 13.0. The van der Waals surface area contributed by atoms with Crippen molar-refractivity contribution in [2.45, 2.75) is 31.9 Å². The van der Waals surface area contributed by atoms with Crippen LogP contribution in [0.5, 0.6) is 0 Å². The molecule has 0 N–H and O–H groups in total. The van der Waals surface area contributed by atoms with Crippen LogP contribution in [-0.2, 0) is 18.6 Å². The van der Waals surface area contributed by atoms with E-state index in [9.17, 15) is 13.2 Å². The molecule has 0 aliphatic carbocycles. The van der Waals surface area contributed by atoms with Gasteiger partial charge in [-0.05, 0) is 18.6 Å². The Morgan fingerprint density at radius 2 is 2.00 bits per heavy atom. The van der Waals surface area contributed by atoms with E-state index in [1.54, 1.807) is 10.6 Å². The summed E-state index contributed by atoms with van der Waals surface area (Å²) in [5, 5.41) is 7.91. The fourth-order valence-corrected chi connectivity index (χ4v) is 2.66. The first-order valence-corrected chi connectivity index (χ1v) is 7.56.